The van der Waals surface area contributed by atoms with Crippen LogP contribution in [0.3, 0.4) is 0 Å². The van der Waals surface area contributed by atoms with E-state index in [1.165, 1.54) is 41.2 Å². The third kappa shape index (κ3) is 5.57. The van der Waals surface area contributed by atoms with Crippen LogP contribution in [-0.4, -0.2) is 77.8 Å². The summed E-state index contributed by atoms with van der Waals surface area (Å²) < 4.78 is 25.6. The van der Waals surface area contributed by atoms with E-state index in [0.29, 0.717) is 11.4 Å². The van der Waals surface area contributed by atoms with Gasteiger partial charge in [0.25, 0.3) is 5.56 Å². The second-order valence-electron chi connectivity index (χ2n) is 9.23. The Morgan fingerprint density at radius 3 is 2.31 bits per heavy atom. The molecule has 0 spiro atoms. The monoisotopic (exact) mass is 549 g/mol. The summed E-state index contributed by atoms with van der Waals surface area (Å²) >= 11 is 0. The van der Waals surface area contributed by atoms with Gasteiger partial charge in [0.15, 0.2) is 0 Å². The van der Waals surface area contributed by atoms with Crippen LogP contribution in [0, 0.1) is 6.92 Å². The minimum atomic E-state index is -3.89. The maximum Gasteiger partial charge on any atom is 0.309 e. The Morgan fingerprint density at radius 2 is 1.67 bits per heavy atom. The number of anilines is 1. The first-order valence-electron chi connectivity index (χ1n) is 12.1. The first-order valence-corrected chi connectivity index (χ1v) is 13.6. The van der Waals surface area contributed by atoms with Gasteiger partial charge in [0.05, 0.1) is 16.8 Å². The topological polar surface area (TPSA) is 160 Å². The molecular weight excluding hydrogens is 522 g/mol. The molecule has 14 heteroatoms. The second-order valence-corrected chi connectivity index (χ2v) is 10.8. The number of aromatic nitrogens is 4. The van der Waals surface area contributed by atoms with E-state index in [1.807, 2.05) is 24.3 Å². The number of fused-ring (bicyclic) bond motifs is 1. The Hall–Kier alpha value is -4.40. The van der Waals surface area contributed by atoms with Crippen molar-refractivity contribution in [1.82, 2.24) is 29.5 Å². The third-order valence-electron chi connectivity index (χ3n) is 6.38. The number of nitrogens with one attached hydrogen (secondary N) is 1. The lowest BCUT2D eigenvalue weighted by atomic mass is 10.2. The molecule has 13 nitrogen and oxygen atoms in total. The molecule has 0 saturated carbocycles. The van der Waals surface area contributed by atoms with Gasteiger partial charge in [0.2, 0.25) is 21.6 Å². The molecule has 1 aliphatic rings. The predicted octanol–water partition coefficient (Wildman–Crippen LogP) is 0.352. The van der Waals surface area contributed by atoms with Crippen molar-refractivity contribution in [2.75, 3.05) is 38.1 Å². The molecule has 3 heterocycles. The van der Waals surface area contributed by atoms with Crippen LogP contribution in [0.2, 0.25) is 0 Å². The van der Waals surface area contributed by atoms with Crippen molar-refractivity contribution in [1.29, 1.82) is 0 Å². The van der Waals surface area contributed by atoms with Crippen molar-refractivity contribution >= 4 is 33.6 Å². The fourth-order valence-electron chi connectivity index (χ4n) is 4.26. The number of carbonyl (C=O) groups excluding carboxylic acids is 1. The molecule has 3 N–H and O–H groups in total. The quantitative estimate of drug-likeness (QED) is 0.257. The van der Waals surface area contributed by atoms with Gasteiger partial charge in [0.1, 0.15) is 0 Å². The average molecular weight is 550 g/mol. The Morgan fingerprint density at radius 1 is 1.03 bits per heavy atom. The van der Waals surface area contributed by atoms with Crippen molar-refractivity contribution in [2.24, 2.45) is 10.2 Å². The molecule has 5 rings (SSSR count). The molecule has 39 heavy (non-hydrogen) atoms. The number of amides is 1. The number of nitrogens with zero attached hydrogens (tertiary/aromatic N) is 7. The Bertz CT molecular complexity index is 1720. The van der Waals surface area contributed by atoms with E-state index in [1.54, 1.807) is 6.92 Å². The van der Waals surface area contributed by atoms with Gasteiger partial charge in [-0.25, -0.2) is 28.4 Å². The van der Waals surface area contributed by atoms with E-state index in [4.69, 9.17) is 5.14 Å². The normalized spacial score (nSPS) is 14.8. The smallest absolute Gasteiger partial charge is 0.309 e. The summed E-state index contributed by atoms with van der Waals surface area (Å²) in [7, 11) is -1.78. The van der Waals surface area contributed by atoms with Crippen LogP contribution in [-0.2, 0) is 10.0 Å². The van der Waals surface area contributed by atoms with Crippen molar-refractivity contribution < 1.29 is 13.2 Å². The Labute approximate surface area is 224 Å². The Kier molecular flexibility index (Phi) is 6.99. The van der Waals surface area contributed by atoms with Gasteiger partial charge in [-0.2, -0.15) is 9.78 Å². The number of aryl methyl sites for hydroxylation is 1. The summed E-state index contributed by atoms with van der Waals surface area (Å²) in [6.07, 6.45) is 1.50. The molecule has 202 valence electrons. The number of likely N-dealkylation sites (N-methyl/N-ethyl adjacent to an activating group) is 1. The van der Waals surface area contributed by atoms with E-state index in [0.717, 1.165) is 41.8 Å². The van der Waals surface area contributed by atoms with E-state index in [9.17, 15) is 18.0 Å². The zero-order valence-electron chi connectivity index (χ0n) is 21.4. The molecule has 0 radical (unpaired) electrons. The van der Waals surface area contributed by atoms with Crippen LogP contribution in [0.4, 0.5) is 5.69 Å². The third-order valence-corrected chi connectivity index (χ3v) is 7.31. The maximum absolute atomic E-state index is 13.0. The SMILES string of the molecule is Cc1cc(=O)n2c(C(=O)N/N=C/c3ccc(N4CCN(C)CC4)cc3)nn(-c3ccc(S(N)(=O)=O)cc3)c2n1. The predicted molar refractivity (Wildman–Crippen MR) is 146 cm³/mol. The number of primary sulfonamides is 1. The number of hydrazone groups is 1. The van der Waals surface area contributed by atoms with Crippen LogP contribution in [0.15, 0.2) is 69.4 Å². The summed E-state index contributed by atoms with van der Waals surface area (Å²) in [6, 6.07) is 14.6. The van der Waals surface area contributed by atoms with Gasteiger partial charge < -0.3 is 9.80 Å². The van der Waals surface area contributed by atoms with Gasteiger partial charge in [0, 0.05) is 43.6 Å². The number of hydrogen-bond donors (Lipinski definition) is 2. The summed E-state index contributed by atoms with van der Waals surface area (Å²) in [5.41, 5.74) is 4.62. The lowest BCUT2D eigenvalue weighted by molar-refractivity contribution is 0.0943. The standard InChI is InChI=1S/C25H27N9O4S/c1-17-15-22(35)33-23(30-34(25(33)28-17)20-7-9-21(10-8-20)39(26,37)38)24(36)29-27-16-18-3-5-19(6-4-18)32-13-11-31(2)12-14-32/h3-10,15-16H,11-14H2,1-2H3,(H,29,36)(H2,26,37,38)/b27-16+. The molecule has 1 amide bonds. The van der Waals surface area contributed by atoms with Crippen LogP contribution in [0.5, 0.6) is 0 Å². The average Bonchev–Trinajstić information content (AvgIpc) is 3.29. The van der Waals surface area contributed by atoms with Gasteiger partial charge in [-0.05, 0) is 55.9 Å². The highest BCUT2D eigenvalue weighted by molar-refractivity contribution is 7.89. The van der Waals surface area contributed by atoms with Crippen molar-refractivity contribution in [2.45, 2.75) is 11.8 Å². The highest BCUT2D eigenvalue weighted by atomic mass is 32.2. The molecule has 2 aromatic heterocycles. The highest BCUT2D eigenvalue weighted by Crippen LogP contribution is 2.17. The number of hydrogen-bond acceptors (Lipinski definition) is 9. The molecule has 4 aromatic rings. The van der Waals surface area contributed by atoms with Gasteiger partial charge in [-0.15, -0.1) is 5.10 Å². The first kappa shape index (κ1) is 26.2. The summed E-state index contributed by atoms with van der Waals surface area (Å²) in [5, 5.41) is 13.5. The van der Waals surface area contributed by atoms with E-state index in [-0.39, 0.29) is 16.5 Å². The number of piperazine rings is 1. The highest BCUT2D eigenvalue weighted by Gasteiger charge is 2.21. The van der Waals surface area contributed by atoms with E-state index in [2.05, 4.69) is 37.5 Å². The molecule has 0 atom stereocenters. The lowest BCUT2D eigenvalue weighted by Crippen LogP contribution is -2.44. The molecule has 1 fully saturated rings. The molecule has 0 aliphatic carbocycles. The zero-order valence-corrected chi connectivity index (χ0v) is 22.2. The molecular formula is C25H27N9O4S. The van der Waals surface area contributed by atoms with Crippen molar-refractivity contribution in [3.05, 3.63) is 82.0 Å². The van der Waals surface area contributed by atoms with Crippen molar-refractivity contribution in [3.8, 4) is 5.69 Å². The Balaban J connectivity index is 1.38. The van der Waals surface area contributed by atoms with Crippen LogP contribution in [0.25, 0.3) is 11.5 Å². The minimum absolute atomic E-state index is 0.0805. The number of nitrogens with two attached hydrogens (primary N) is 1. The van der Waals surface area contributed by atoms with E-state index < -0.39 is 21.5 Å². The molecule has 2 aromatic carbocycles. The first-order chi connectivity index (χ1) is 18.6. The molecule has 0 unspecified atom stereocenters. The number of rotatable bonds is 6. The fraction of sp³-hybridized carbons (Fsp3) is 0.240. The number of carbonyl (C=O) groups is 1. The second kappa shape index (κ2) is 10.4. The molecule has 0 bridgehead atoms. The summed E-state index contributed by atoms with van der Waals surface area (Å²) in [5.74, 6) is -0.879. The van der Waals surface area contributed by atoms with E-state index >= 15 is 0 Å². The van der Waals surface area contributed by atoms with Crippen molar-refractivity contribution in [3.63, 3.8) is 0 Å². The van der Waals surface area contributed by atoms with Gasteiger partial charge in [-0.3, -0.25) is 9.59 Å². The van der Waals surface area contributed by atoms with Crippen LogP contribution < -0.4 is 21.0 Å². The number of sulfonamides is 1. The molecule has 1 saturated heterocycles. The van der Waals surface area contributed by atoms with Gasteiger partial charge in [-0.1, -0.05) is 12.1 Å². The molecule has 1 aliphatic heterocycles. The van der Waals surface area contributed by atoms with Crippen LogP contribution >= 0.6 is 0 Å². The minimum Gasteiger partial charge on any atom is -0.369 e. The maximum atomic E-state index is 13.0. The number of benzene rings is 2. The summed E-state index contributed by atoms with van der Waals surface area (Å²) in [6.45, 7) is 5.59. The largest absolute Gasteiger partial charge is 0.369 e. The van der Waals surface area contributed by atoms with Gasteiger partial charge >= 0.3 is 5.91 Å². The summed E-state index contributed by atoms with van der Waals surface area (Å²) in [4.78, 5) is 34.7. The van der Waals surface area contributed by atoms with Crippen LogP contribution in [0.1, 0.15) is 21.9 Å². The lowest BCUT2D eigenvalue weighted by Gasteiger charge is -2.34. The zero-order chi connectivity index (χ0) is 27.7. The fourth-order valence-corrected chi connectivity index (χ4v) is 4.77.